The number of fused-ring (bicyclic) bond motifs is 1. The van der Waals surface area contributed by atoms with Crippen molar-refractivity contribution in [3.05, 3.63) is 52.9 Å². The van der Waals surface area contributed by atoms with Crippen molar-refractivity contribution < 1.29 is 4.52 Å². The van der Waals surface area contributed by atoms with Crippen molar-refractivity contribution in [2.24, 2.45) is 4.99 Å². The lowest BCUT2D eigenvalue weighted by molar-refractivity contribution is 0.358. The van der Waals surface area contributed by atoms with Gasteiger partial charge in [-0.3, -0.25) is 4.99 Å². The third-order valence-corrected chi connectivity index (χ3v) is 4.03. The molecule has 3 rings (SSSR count). The van der Waals surface area contributed by atoms with Crippen LogP contribution in [-0.2, 0) is 25.9 Å². The molecule has 5 heteroatoms. The van der Waals surface area contributed by atoms with Gasteiger partial charge in [-0.2, -0.15) is 0 Å². The quantitative estimate of drug-likeness (QED) is 0.698. The fourth-order valence-electron chi connectivity index (χ4n) is 2.78. The molecule has 0 unspecified atom stereocenters. The number of guanidine groups is 1. The zero-order valence-corrected chi connectivity index (χ0v) is 13.2. The molecule has 0 spiro atoms. The Balaban J connectivity index is 1.63. The second kappa shape index (κ2) is 6.64. The number of hydrogen-bond donors (Lipinski definition) is 1. The number of aromatic nitrogens is 1. The van der Waals surface area contributed by atoms with Crippen LogP contribution in [-0.4, -0.2) is 29.6 Å². The highest BCUT2D eigenvalue weighted by molar-refractivity contribution is 5.80. The van der Waals surface area contributed by atoms with E-state index < -0.39 is 0 Å². The van der Waals surface area contributed by atoms with Crippen LogP contribution in [0.15, 0.2) is 39.8 Å². The standard InChI is InChI=1S/C17H22N4O/c1-3-15-10-16(22-20-15)11-19-17(18-2)21-9-8-13-6-4-5-7-14(13)12-21/h4-7,10H,3,8-9,11-12H2,1-2H3,(H,18,19). The number of benzene rings is 1. The van der Waals surface area contributed by atoms with Gasteiger partial charge in [0.25, 0.3) is 0 Å². The molecule has 5 nitrogen and oxygen atoms in total. The molecular formula is C17H22N4O. The van der Waals surface area contributed by atoms with E-state index in [4.69, 9.17) is 4.52 Å². The van der Waals surface area contributed by atoms with Crippen molar-refractivity contribution in [2.75, 3.05) is 13.6 Å². The third-order valence-electron chi connectivity index (χ3n) is 4.03. The van der Waals surface area contributed by atoms with Gasteiger partial charge in [0.2, 0.25) is 0 Å². The number of aliphatic imine (C=N–C) groups is 1. The van der Waals surface area contributed by atoms with E-state index in [0.29, 0.717) is 6.54 Å². The maximum absolute atomic E-state index is 5.31. The van der Waals surface area contributed by atoms with Crippen LogP contribution in [0.25, 0.3) is 0 Å². The molecule has 1 N–H and O–H groups in total. The fraction of sp³-hybridized carbons (Fsp3) is 0.412. The SMILES string of the molecule is CCc1cc(CNC(=NC)N2CCc3ccccc3C2)on1. The summed E-state index contributed by atoms with van der Waals surface area (Å²) in [7, 11) is 1.82. The summed E-state index contributed by atoms with van der Waals surface area (Å²) in [6.45, 7) is 4.55. The van der Waals surface area contributed by atoms with Crippen LogP contribution in [0, 0.1) is 0 Å². The maximum atomic E-state index is 5.31. The van der Waals surface area contributed by atoms with Gasteiger partial charge in [0.15, 0.2) is 11.7 Å². The van der Waals surface area contributed by atoms with Gasteiger partial charge in [0.05, 0.1) is 12.2 Å². The molecule has 1 aromatic heterocycles. The molecule has 0 radical (unpaired) electrons. The summed E-state index contributed by atoms with van der Waals surface area (Å²) in [5.74, 6) is 1.75. The molecule has 0 fully saturated rings. The van der Waals surface area contributed by atoms with E-state index in [9.17, 15) is 0 Å². The Morgan fingerprint density at radius 3 is 2.91 bits per heavy atom. The zero-order chi connectivity index (χ0) is 15.4. The highest BCUT2D eigenvalue weighted by atomic mass is 16.5. The van der Waals surface area contributed by atoms with Gasteiger partial charge in [-0.15, -0.1) is 0 Å². The summed E-state index contributed by atoms with van der Waals surface area (Å²) >= 11 is 0. The van der Waals surface area contributed by atoms with Gasteiger partial charge in [0, 0.05) is 26.2 Å². The van der Waals surface area contributed by atoms with Crippen molar-refractivity contribution in [1.82, 2.24) is 15.4 Å². The van der Waals surface area contributed by atoms with E-state index in [1.807, 2.05) is 13.1 Å². The van der Waals surface area contributed by atoms with Crippen molar-refractivity contribution in [3.63, 3.8) is 0 Å². The van der Waals surface area contributed by atoms with Gasteiger partial charge in [0.1, 0.15) is 0 Å². The first-order valence-corrected chi connectivity index (χ1v) is 7.77. The third kappa shape index (κ3) is 3.13. The van der Waals surface area contributed by atoms with Crippen molar-refractivity contribution in [2.45, 2.75) is 32.9 Å². The number of nitrogens with zero attached hydrogens (tertiary/aromatic N) is 3. The Morgan fingerprint density at radius 2 is 2.18 bits per heavy atom. The monoisotopic (exact) mass is 298 g/mol. The topological polar surface area (TPSA) is 53.7 Å². The molecule has 22 heavy (non-hydrogen) atoms. The van der Waals surface area contributed by atoms with E-state index in [0.717, 1.165) is 43.3 Å². The number of nitrogens with one attached hydrogen (secondary N) is 1. The van der Waals surface area contributed by atoms with E-state index in [2.05, 4.69) is 51.6 Å². The van der Waals surface area contributed by atoms with E-state index in [1.165, 1.54) is 11.1 Å². The molecule has 0 saturated carbocycles. The van der Waals surface area contributed by atoms with Crippen LogP contribution in [0.5, 0.6) is 0 Å². The molecule has 0 saturated heterocycles. The van der Waals surface area contributed by atoms with Gasteiger partial charge in [-0.1, -0.05) is 36.3 Å². The molecule has 1 aliphatic heterocycles. The first-order chi connectivity index (χ1) is 10.8. The summed E-state index contributed by atoms with van der Waals surface area (Å²) in [6.07, 6.45) is 1.94. The van der Waals surface area contributed by atoms with Crippen molar-refractivity contribution in [3.8, 4) is 0 Å². The van der Waals surface area contributed by atoms with Crippen molar-refractivity contribution >= 4 is 5.96 Å². The average Bonchev–Trinajstić information content (AvgIpc) is 3.03. The zero-order valence-electron chi connectivity index (χ0n) is 13.2. The maximum Gasteiger partial charge on any atom is 0.194 e. The minimum absolute atomic E-state index is 0.609. The Bertz CT molecular complexity index is 662. The minimum Gasteiger partial charge on any atom is -0.359 e. The molecule has 2 heterocycles. The van der Waals surface area contributed by atoms with Crippen LogP contribution in [0.1, 0.15) is 29.5 Å². The van der Waals surface area contributed by atoms with Gasteiger partial charge in [-0.05, 0) is 24.0 Å². The second-order valence-corrected chi connectivity index (χ2v) is 5.48. The highest BCUT2D eigenvalue weighted by Gasteiger charge is 2.18. The normalized spacial score (nSPS) is 14.8. The minimum atomic E-state index is 0.609. The Hall–Kier alpha value is -2.30. The molecule has 0 atom stereocenters. The number of hydrogen-bond acceptors (Lipinski definition) is 3. The first kappa shape index (κ1) is 14.6. The van der Waals surface area contributed by atoms with Crippen LogP contribution in [0.4, 0.5) is 0 Å². The summed E-state index contributed by atoms with van der Waals surface area (Å²) in [6, 6.07) is 10.6. The molecule has 1 aromatic carbocycles. The summed E-state index contributed by atoms with van der Waals surface area (Å²) in [5.41, 5.74) is 3.81. The predicted molar refractivity (Wildman–Crippen MR) is 86.6 cm³/mol. The van der Waals surface area contributed by atoms with Gasteiger partial charge < -0.3 is 14.7 Å². The average molecular weight is 298 g/mol. The summed E-state index contributed by atoms with van der Waals surface area (Å²) in [4.78, 5) is 6.67. The van der Waals surface area contributed by atoms with Gasteiger partial charge in [-0.25, -0.2) is 0 Å². The number of rotatable bonds is 3. The Kier molecular flexibility index (Phi) is 4.42. The molecule has 1 aliphatic rings. The molecule has 0 bridgehead atoms. The second-order valence-electron chi connectivity index (χ2n) is 5.48. The molecule has 0 amide bonds. The smallest absolute Gasteiger partial charge is 0.194 e. The van der Waals surface area contributed by atoms with Crippen LogP contribution in [0.2, 0.25) is 0 Å². The van der Waals surface area contributed by atoms with E-state index in [1.54, 1.807) is 0 Å². The van der Waals surface area contributed by atoms with Crippen molar-refractivity contribution in [1.29, 1.82) is 0 Å². The number of aryl methyl sites for hydroxylation is 1. The van der Waals surface area contributed by atoms with Crippen LogP contribution in [0.3, 0.4) is 0 Å². The first-order valence-electron chi connectivity index (χ1n) is 7.77. The molecule has 0 aliphatic carbocycles. The van der Waals surface area contributed by atoms with Gasteiger partial charge >= 0.3 is 0 Å². The predicted octanol–water partition coefficient (Wildman–Crippen LogP) is 2.37. The van der Waals surface area contributed by atoms with E-state index >= 15 is 0 Å². The largest absolute Gasteiger partial charge is 0.359 e. The van der Waals surface area contributed by atoms with Crippen LogP contribution < -0.4 is 5.32 Å². The molecule has 2 aromatic rings. The lowest BCUT2D eigenvalue weighted by Gasteiger charge is -2.31. The molecule has 116 valence electrons. The lowest BCUT2D eigenvalue weighted by Crippen LogP contribution is -2.43. The van der Waals surface area contributed by atoms with Crippen LogP contribution >= 0.6 is 0 Å². The van der Waals surface area contributed by atoms with E-state index in [-0.39, 0.29) is 0 Å². The fourth-order valence-corrected chi connectivity index (χ4v) is 2.78. The Labute approximate surface area is 131 Å². The highest BCUT2D eigenvalue weighted by Crippen LogP contribution is 2.18. The summed E-state index contributed by atoms with van der Waals surface area (Å²) in [5, 5.41) is 7.38. The Morgan fingerprint density at radius 1 is 1.36 bits per heavy atom. The molecular weight excluding hydrogens is 276 g/mol. The lowest BCUT2D eigenvalue weighted by atomic mass is 10.0. The summed E-state index contributed by atoms with van der Waals surface area (Å²) < 4.78 is 5.31.